The zero-order valence-electron chi connectivity index (χ0n) is 17.3. The Morgan fingerprint density at radius 3 is 2.72 bits per heavy atom. The van der Waals surface area contributed by atoms with Gasteiger partial charge in [0, 0.05) is 55.8 Å². The number of benzene rings is 1. The summed E-state index contributed by atoms with van der Waals surface area (Å²) >= 11 is 0. The van der Waals surface area contributed by atoms with Crippen LogP contribution in [0.5, 0.6) is 0 Å². The average molecular weight is 391 g/mol. The minimum Gasteiger partial charge on any atom is -0.354 e. The van der Waals surface area contributed by atoms with Gasteiger partial charge in [0.1, 0.15) is 0 Å². The van der Waals surface area contributed by atoms with Gasteiger partial charge in [-0.2, -0.15) is 0 Å². The van der Waals surface area contributed by atoms with Gasteiger partial charge in [0.2, 0.25) is 0 Å². The van der Waals surface area contributed by atoms with Crippen LogP contribution < -0.4 is 0 Å². The number of rotatable bonds is 4. The number of amides is 1. The maximum absolute atomic E-state index is 12.9. The normalized spacial score (nSPS) is 20.4. The molecule has 152 valence electrons. The number of likely N-dealkylation sites (tertiary alicyclic amines) is 1. The van der Waals surface area contributed by atoms with E-state index in [0.717, 1.165) is 57.7 Å². The number of fused-ring (bicyclic) bond motifs is 2. The summed E-state index contributed by atoms with van der Waals surface area (Å²) in [6.45, 7) is 5.74. The van der Waals surface area contributed by atoms with Crippen molar-refractivity contribution >= 4 is 11.6 Å². The van der Waals surface area contributed by atoms with Crippen molar-refractivity contribution in [1.29, 1.82) is 0 Å². The van der Waals surface area contributed by atoms with Crippen LogP contribution in [0.1, 0.15) is 46.4 Å². The van der Waals surface area contributed by atoms with E-state index in [0.29, 0.717) is 5.92 Å². The molecule has 3 aliphatic rings. The van der Waals surface area contributed by atoms with Crippen molar-refractivity contribution < 1.29 is 4.79 Å². The highest BCUT2D eigenvalue weighted by molar-refractivity contribution is 6.05. The zero-order valence-corrected chi connectivity index (χ0v) is 17.3. The van der Waals surface area contributed by atoms with E-state index in [4.69, 9.17) is 4.99 Å². The van der Waals surface area contributed by atoms with Crippen molar-refractivity contribution in [1.82, 2.24) is 14.4 Å². The number of piperidine rings is 1. The summed E-state index contributed by atoms with van der Waals surface area (Å²) in [6, 6.07) is 10.7. The number of aromatic nitrogens is 1. The van der Waals surface area contributed by atoms with Crippen LogP contribution in [0, 0.1) is 5.92 Å². The number of hydrogen-bond acceptors (Lipinski definition) is 3. The van der Waals surface area contributed by atoms with Crippen LogP contribution in [0.3, 0.4) is 0 Å². The molecule has 0 saturated carbocycles. The van der Waals surface area contributed by atoms with Gasteiger partial charge in [0.25, 0.3) is 5.91 Å². The Bertz CT molecular complexity index is 936. The van der Waals surface area contributed by atoms with Gasteiger partial charge in [-0.05, 0) is 50.4 Å². The van der Waals surface area contributed by atoms with Crippen LogP contribution in [0.4, 0.5) is 0 Å². The van der Waals surface area contributed by atoms with Gasteiger partial charge in [-0.15, -0.1) is 0 Å². The molecule has 29 heavy (non-hydrogen) atoms. The van der Waals surface area contributed by atoms with Crippen molar-refractivity contribution in [2.75, 3.05) is 32.7 Å². The van der Waals surface area contributed by atoms with Gasteiger partial charge in [-0.1, -0.05) is 24.3 Å². The lowest BCUT2D eigenvalue weighted by atomic mass is 9.88. The molecular weight excluding hydrogens is 360 g/mol. The van der Waals surface area contributed by atoms with Gasteiger partial charge in [-0.3, -0.25) is 9.79 Å². The van der Waals surface area contributed by atoms with Crippen molar-refractivity contribution in [2.45, 2.75) is 32.2 Å². The SMILES string of the molecule is Cn1ccc2c1CCCN(CCN1CCC(C3=NCc4ccccc43)CC1)C2=O. The summed E-state index contributed by atoms with van der Waals surface area (Å²) in [7, 11) is 2.04. The second-order valence-electron chi connectivity index (χ2n) is 8.66. The molecule has 0 atom stereocenters. The third-order valence-corrected chi connectivity index (χ3v) is 6.93. The Kier molecular flexibility index (Phi) is 5.00. The number of hydrogen-bond donors (Lipinski definition) is 0. The molecule has 0 unspecified atom stereocenters. The first-order valence-electron chi connectivity index (χ1n) is 11.0. The first kappa shape index (κ1) is 18.6. The summed E-state index contributed by atoms with van der Waals surface area (Å²) in [5, 5.41) is 0. The van der Waals surface area contributed by atoms with E-state index in [1.165, 1.54) is 35.4 Å². The van der Waals surface area contributed by atoms with Crippen LogP contribution in [0.15, 0.2) is 41.5 Å². The molecule has 1 saturated heterocycles. The summed E-state index contributed by atoms with van der Waals surface area (Å²) < 4.78 is 2.10. The quantitative estimate of drug-likeness (QED) is 0.805. The van der Waals surface area contributed by atoms with E-state index in [9.17, 15) is 4.79 Å². The molecule has 4 heterocycles. The van der Waals surface area contributed by atoms with Gasteiger partial charge in [0.15, 0.2) is 0 Å². The topological polar surface area (TPSA) is 40.8 Å². The van der Waals surface area contributed by atoms with Gasteiger partial charge in [-0.25, -0.2) is 0 Å². The van der Waals surface area contributed by atoms with Crippen molar-refractivity contribution in [3.63, 3.8) is 0 Å². The van der Waals surface area contributed by atoms with Crippen LogP contribution in [0.2, 0.25) is 0 Å². The molecule has 0 aliphatic carbocycles. The molecule has 0 radical (unpaired) electrons. The molecule has 0 bridgehead atoms. The molecule has 5 rings (SSSR count). The Labute approximate surface area is 173 Å². The number of nitrogens with zero attached hydrogens (tertiary/aromatic N) is 4. The second-order valence-corrected chi connectivity index (χ2v) is 8.66. The maximum atomic E-state index is 12.9. The van der Waals surface area contributed by atoms with Gasteiger partial charge < -0.3 is 14.4 Å². The summed E-state index contributed by atoms with van der Waals surface area (Å²) in [6.07, 6.45) is 6.41. The molecule has 1 fully saturated rings. The van der Waals surface area contributed by atoms with Crippen molar-refractivity contribution in [2.24, 2.45) is 18.0 Å². The maximum Gasteiger partial charge on any atom is 0.255 e. The zero-order chi connectivity index (χ0) is 19.8. The summed E-state index contributed by atoms with van der Waals surface area (Å²) in [5.41, 5.74) is 6.18. The highest BCUT2D eigenvalue weighted by Gasteiger charge is 2.29. The summed E-state index contributed by atoms with van der Waals surface area (Å²) in [5.74, 6) is 0.798. The molecular formula is C24H30N4O. The standard InChI is InChI=1S/C24H30N4O/c1-26-12-10-21-22(26)7-4-11-28(24(21)29)16-15-27-13-8-18(9-14-27)23-20-6-3-2-5-19(20)17-25-23/h2-3,5-6,10,12,18H,4,7-9,11,13-17H2,1H3. The fraction of sp³-hybridized carbons (Fsp3) is 0.500. The third-order valence-electron chi connectivity index (χ3n) is 6.93. The fourth-order valence-corrected chi connectivity index (χ4v) is 5.20. The van der Waals surface area contributed by atoms with E-state index in [1.54, 1.807) is 0 Å². The molecule has 2 aromatic rings. The number of aliphatic imine (C=N–C) groups is 1. The minimum absolute atomic E-state index is 0.213. The fourth-order valence-electron chi connectivity index (χ4n) is 5.20. The molecule has 1 amide bonds. The highest BCUT2D eigenvalue weighted by Crippen LogP contribution is 2.28. The van der Waals surface area contributed by atoms with Crippen LogP contribution in [0.25, 0.3) is 0 Å². The van der Waals surface area contributed by atoms with E-state index in [2.05, 4.69) is 38.6 Å². The Balaban J connectivity index is 1.16. The lowest BCUT2D eigenvalue weighted by Gasteiger charge is -2.33. The molecule has 3 aliphatic heterocycles. The predicted octanol–water partition coefficient (Wildman–Crippen LogP) is 3.13. The van der Waals surface area contributed by atoms with E-state index >= 15 is 0 Å². The third kappa shape index (κ3) is 3.52. The Morgan fingerprint density at radius 2 is 1.86 bits per heavy atom. The first-order chi connectivity index (χ1) is 14.2. The van der Waals surface area contributed by atoms with E-state index < -0.39 is 0 Å². The number of carbonyl (C=O) groups is 1. The van der Waals surface area contributed by atoms with Crippen molar-refractivity contribution in [3.8, 4) is 0 Å². The highest BCUT2D eigenvalue weighted by atomic mass is 16.2. The van der Waals surface area contributed by atoms with Gasteiger partial charge in [0.05, 0.1) is 12.1 Å². The Hall–Kier alpha value is -2.40. The smallest absolute Gasteiger partial charge is 0.255 e. The van der Waals surface area contributed by atoms with Crippen LogP contribution >= 0.6 is 0 Å². The predicted molar refractivity (Wildman–Crippen MR) is 115 cm³/mol. The first-order valence-corrected chi connectivity index (χ1v) is 11.0. The Morgan fingerprint density at radius 1 is 1.03 bits per heavy atom. The monoisotopic (exact) mass is 390 g/mol. The van der Waals surface area contributed by atoms with E-state index in [1.807, 2.05) is 19.3 Å². The lowest BCUT2D eigenvalue weighted by molar-refractivity contribution is 0.0732. The largest absolute Gasteiger partial charge is 0.354 e. The van der Waals surface area contributed by atoms with E-state index in [-0.39, 0.29) is 5.91 Å². The van der Waals surface area contributed by atoms with Gasteiger partial charge >= 0.3 is 0 Å². The minimum atomic E-state index is 0.213. The average Bonchev–Trinajstić information content (AvgIpc) is 3.30. The number of carbonyl (C=O) groups excluding carboxylic acids is 1. The molecule has 5 heteroatoms. The molecule has 5 nitrogen and oxygen atoms in total. The van der Waals surface area contributed by atoms with Crippen LogP contribution in [-0.2, 0) is 20.0 Å². The second kappa shape index (κ2) is 7.79. The van der Waals surface area contributed by atoms with Crippen LogP contribution in [-0.4, -0.2) is 58.7 Å². The molecule has 1 aromatic heterocycles. The van der Waals surface area contributed by atoms with Crippen molar-refractivity contribution in [3.05, 3.63) is 58.9 Å². The molecule has 0 N–H and O–H groups in total. The number of aryl methyl sites for hydroxylation is 1. The summed E-state index contributed by atoms with van der Waals surface area (Å²) in [4.78, 5) is 22.4. The lowest BCUT2D eigenvalue weighted by Crippen LogP contribution is -2.42. The molecule has 0 spiro atoms. The molecule has 1 aromatic carbocycles.